The molecule has 0 spiro atoms. The molecule has 0 bridgehead atoms. The van der Waals surface area contributed by atoms with Crippen LogP contribution in [0.15, 0.2) is 21.1 Å². The molecule has 0 fully saturated rings. The van der Waals surface area contributed by atoms with Crippen LogP contribution in [0.5, 0.6) is 0 Å². The van der Waals surface area contributed by atoms with Crippen molar-refractivity contribution < 1.29 is 13.2 Å². The van der Waals surface area contributed by atoms with Crippen LogP contribution in [0.2, 0.25) is 0 Å². The number of primary amides is 1. The number of halogens is 1. The van der Waals surface area contributed by atoms with E-state index in [1.54, 1.807) is 5.38 Å². The van der Waals surface area contributed by atoms with Crippen molar-refractivity contribution in [2.75, 3.05) is 4.72 Å². The van der Waals surface area contributed by atoms with Crippen LogP contribution in [0.3, 0.4) is 0 Å². The van der Waals surface area contributed by atoms with Crippen molar-refractivity contribution in [1.29, 1.82) is 0 Å². The van der Waals surface area contributed by atoms with Gasteiger partial charge in [-0.15, -0.1) is 16.4 Å². The number of hydrogen-bond donors (Lipinski definition) is 2. The first-order chi connectivity index (χ1) is 8.83. The highest BCUT2D eigenvalue weighted by atomic mass is 79.9. The maximum absolute atomic E-state index is 12.2. The van der Waals surface area contributed by atoms with Crippen molar-refractivity contribution in [2.45, 2.75) is 5.03 Å². The Morgan fingerprint density at radius 2 is 2.26 bits per heavy atom. The van der Waals surface area contributed by atoms with Crippen molar-refractivity contribution in [1.82, 2.24) is 15.0 Å². The first-order valence-electron chi connectivity index (χ1n) is 4.78. The quantitative estimate of drug-likeness (QED) is 0.818. The van der Waals surface area contributed by atoms with Crippen molar-refractivity contribution in [3.8, 4) is 0 Å². The molecule has 3 N–H and O–H groups in total. The third-order valence-corrected chi connectivity index (χ3v) is 5.34. The molecule has 102 valence electrons. The summed E-state index contributed by atoms with van der Waals surface area (Å²) in [6.07, 6.45) is 0. The molecule has 19 heavy (non-hydrogen) atoms. The lowest BCUT2D eigenvalue weighted by molar-refractivity contribution is 0.100. The number of amides is 1. The summed E-state index contributed by atoms with van der Waals surface area (Å²) in [5, 5.41) is 8.75. The van der Waals surface area contributed by atoms with Gasteiger partial charge >= 0.3 is 0 Å². The van der Waals surface area contributed by atoms with E-state index in [0.29, 0.717) is 0 Å². The predicted octanol–water partition coefficient (Wildman–Crippen LogP) is 0.539. The molecule has 2 heterocycles. The van der Waals surface area contributed by atoms with Crippen LogP contribution in [-0.4, -0.2) is 29.3 Å². The van der Waals surface area contributed by atoms with Gasteiger partial charge in [0, 0.05) is 7.05 Å². The maximum Gasteiger partial charge on any atom is 0.282 e. The summed E-state index contributed by atoms with van der Waals surface area (Å²) >= 11 is 4.06. The fraction of sp³-hybridized carbons (Fsp3) is 0.125. The molecule has 0 radical (unpaired) electrons. The number of thiophene rings is 1. The topological polar surface area (TPSA) is 120 Å². The Balaban J connectivity index is 2.43. The van der Waals surface area contributed by atoms with Crippen LogP contribution < -0.4 is 10.5 Å². The fourth-order valence-corrected chi connectivity index (χ4v) is 4.58. The molecule has 8 nitrogen and oxygen atoms in total. The second kappa shape index (κ2) is 4.90. The summed E-state index contributed by atoms with van der Waals surface area (Å²) in [6.45, 7) is 0. The number of aromatic nitrogens is 3. The number of carbonyl (C=O) groups excluding carboxylic acids is 1. The van der Waals surface area contributed by atoms with Crippen molar-refractivity contribution in [3.63, 3.8) is 0 Å². The fourth-order valence-electron chi connectivity index (χ4n) is 1.36. The molecule has 0 aliphatic rings. The van der Waals surface area contributed by atoms with Crippen LogP contribution in [0.1, 0.15) is 10.4 Å². The molecule has 2 rings (SSSR count). The van der Waals surface area contributed by atoms with E-state index in [1.807, 2.05) is 0 Å². The highest BCUT2D eigenvalue weighted by Gasteiger charge is 2.26. The van der Waals surface area contributed by atoms with Gasteiger partial charge in [-0.1, -0.05) is 5.21 Å². The van der Waals surface area contributed by atoms with Gasteiger partial charge < -0.3 is 5.73 Å². The summed E-state index contributed by atoms with van der Waals surface area (Å²) in [5.41, 5.74) is 5.26. The Morgan fingerprint density at radius 1 is 1.58 bits per heavy atom. The number of sulfonamides is 1. The largest absolute Gasteiger partial charge is 0.366 e. The van der Waals surface area contributed by atoms with Gasteiger partial charge in [-0.05, 0) is 27.4 Å². The molecule has 0 aliphatic heterocycles. The summed E-state index contributed by atoms with van der Waals surface area (Å²) in [7, 11) is -2.47. The van der Waals surface area contributed by atoms with E-state index in [1.165, 1.54) is 13.1 Å². The Hall–Kier alpha value is -1.46. The number of aryl methyl sites for hydroxylation is 1. The number of carbonyl (C=O) groups is 1. The smallest absolute Gasteiger partial charge is 0.282 e. The van der Waals surface area contributed by atoms with E-state index in [-0.39, 0.29) is 20.2 Å². The first-order valence-corrected chi connectivity index (χ1v) is 7.94. The first kappa shape index (κ1) is 14.0. The van der Waals surface area contributed by atoms with Crippen LogP contribution >= 0.6 is 27.3 Å². The molecule has 0 saturated carbocycles. The lowest BCUT2D eigenvalue weighted by Crippen LogP contribution is -2.19. The van der Waals surface area contributed by atoms with Gasteiger partial charge in [0.25, 0.3) is 15.9 Å². The maximum atomic E-state index is 12.2. The Labute approximate surface area is 120 Å². The molecular formula is C8H8BrN5O3S2. The van der Waals surface area contributed by atoms with Crippen molar-refractivity contribution in [3.05, 3.63) is 21.6 Å². The SMILES string of the molecule is Cn1nnc(Br)c1S(=O)(=O)Nc1sccc1C(N)=O. The monoisotopic (exact) mass is 365 g/mol. The van der Waals surface area contributed by atoms with E-state index >= 15 is 0 Å². The predicted molar refractivity (Wildman–Crippen MR) is 72.3 cm³/mol. The number of rotatable bonds is 4. The highest BCUT2D eigenvalue weighted by Crippen LogP contribution is 2.27. The third-order valence-electron chi connectivity index (χ3n) is 2.15. The average Bonchev–Trinajstić information content (AvgIpc) is 2.85. The van der Waals surface area contributed by atoms with Crippen LogP contribution in [-0.2, 0) is 17.1 Å². The van der Waals surface area contributed by atoms with Crippen molar-refractivity contribution >= 4 is 48.2 Å². The Morgan fingerprint density at radius 3 is 2.79 bits per heavy atom. The summed E-state index contributed by atoms with van der Waals surface area (Å²) < 4.78 is 27.9. The van der Waals surface area contributed by atoms with Crippen LogP contribution in [0.4, 0.5) is 5.00 Å². The summed E-state index contributed by atoms with van der Waals surface area (Å²) in [4.78, 5) is 11.1. The van der Waals surface area contributed by atoms with Gasteiger partial charge in [0.05, 0.1) is 5.56 Å². The summed E-state index contributed by atoms with van der Waals surface area (Å²) in [6, 6.07) is 1.45. The number of nitrogens with two attached hydrogens (primary N) is 1. The van der Waals surface area contributed by atoms with Gasteiger partial charge in [0.15, 0.2) is 4.60 Å². The molecule has 2 aromatic heterocycles. The minimum atomic E-state index is -3.91. The third kappa shape index (κ3) is 2.62. The van der Waals surface area contributed by atoms with E-state index in [4.69, 9.17) is 5.73 Å². The Kier molecular flexibility index (Phi) is 3.60. The van der Waals surface area contributed by atoms with Gasteiger partial charge in [-0.3, -0.25) is 9.52 Å². The van der Waals surface area contributed by atoms with Gasteiger partial charge in [-0.2, -0.15) is 8.42 Å². The minimum absolute atomic E-state index is 0.0830. The molecule has 0 aromatic carbocycles. The van der Waals surface area contributed by atoms with E-state index < -0.39 is 15.9 Å². The zero-order chi connectivity index (χ0) is 14.2. The summed E-state index contributed by atoms with van der Waals surface area (Å²) in [5.74, 6) is -0.707. The molecule has 0 saturated heterocycles. The standard InChI is InChI=1S/C8H8BrN5O3S2/c1-14-8(5(9)11-13-14)19(16,17)12-7-4(6(10)15)2-3-18-7/h2-3,12H,1H3,(H2,10,15). The molecule has 0 unspecified atom stereocenters. The van der Waals surface area contributed by atoms with Crippen LogP contribution in [0.25, 0.3) is 0 Å². The minimum Gasteiger partial charge on any atom is -0.366 e. The zero-order valence-electron chi connectivity index (χ0n) is 9.49. The second-order valence-electron chi connectivity index (χ2n) is 3.44. The van der Waals surface area contributed by atoms with Gasteiger partial charge in [0.2, 0.25) is 5.03 Å². The number of anilines is 1. The molecule has 1 amide bonds. The van der Waals surface area contributed by atoms with Crippen LogP contribution in [0, 0.1) is 0 Å². The average molecular weight is 366 g/mol. The lowest BCUT2D eigenvalue weighted by atomic mass is 10.3. The highest BCUT2D eigenvalue weighted by molar-refractivity contribution is 9.10. The van der Waals surface area contributed by atoms with E-state index in [2.05, 4.69) is 31.0 Å². The zero-order valence-corrected chi connectivity index (χ0v) is 12.7. The van der Waals surface area contributed by atoms with Crippen molar-refractivity contribution in [2.24, 2.45) is 12.8 Å². The second-order valence-corrected chi connectivity index (χ2v) is 6.71. The number of nitrogens with zero attached hydrogens (tertiary/aromatic N) is 3. The number of hydrogen-bond acceptors (Lipinski definition) is 6. The number of nitrogens with one attached hydrogen (secondary N) is 1. The molecular weight excluding hydrogens is 358 g/mol. The normalized spacial score (nSPS) is 11.5. The molecule has 0 aliphatic carbocycles. The van der Waals surface area contributed by atoms with E-state index in [0.717, 1.165) is 16.0 Å². The molecule has 2 aromatic rings. The molecule has 11 heteroatoms. The molecule has 0 atom stereocenters. The van der Waals surface area contributed by atoms with Gasteiger partial charge in [0.1, 0.15) is 5.00 Å². The lowest BCUT2D eigenvalue weighted by Gasteiger charge is -2.07. The van der Waals surface area contributed by atoms with Gasteiger partial charge in [-0.25, -0.2) is 4.68 Å². The Bertz CT molecular complexity index is 716. The van der Waals surface area contributed by atoms with E-state index in [9.17, 15) is 13.2 Å².